The average Bonchev–Trinajstić information content (AvgIpc) is 2.41. The third kappa shape index (κ3) is 3.48. The van der Waals surface area contributed by atoms with Crippen molar-refractivity contribution in [3.8, 4) is 0 Å². The van der Waals surface area contributed by atoms with Crippen molar-refractivity contribution in [1.29, 1.82) is 0 Å². The van der Waals surface area contributed by atoms with Gasteiger partial charge in [0.2, 0.25) is 0 Å². The second kappa shape index (κ2) is 6.39. The summed E-state index contributed by atoms with van der Waals surface area (Å²) in [6.45, 7) is 5.27. The Morgan fingerprint density at radius 1 is 1.58 bits per heavy atom. The van der Waals surface area contributed by atoms with E-state index in [1.165, 1.54) is 11.1 Å². The highest BCUT2D eigenvalue weighted by Crippen LogP contribution is 2.18. The molecule has 0 saturated carbocycles. The van der Waals surface area contributed by atoms with Crippen LogP contribution in [0.1, 0.15) is 39.2 Å². The Kier molecular flexibility index (Phi) is 4.82. The van der Waals surface area contributed by atoms with Crippen LogP contribution in [0.25, 0.3) is 0 Å². The predicted molar refractivity (Wildman–Crippen MR) is 76.0 cm³/mol. The zero-order valence-corrected chi connectivity index (χ0v) is 12.1. The Balaban J connectivity index is 2.04. The van der Waals surface area contributed by atoms with E-state index in [0.717, 1.165) is 19.4 Å². The molecule has 0 radical (unpaired) electrons. The summed E-state index contributed by atoms with van der Waals surface area (Å²) in [7, 11) is 0. The number of nitrogens with zero attached hydrogens (tertiary/aromatic N) is 2. The minimum atomic E-state index is -0.258. The minimum Gasteiger partial charge on any atom is -0.380 e. The zero-order chi connectivity index (χ0) is 13.8. The molecule has 1 aromatic heterocycles. The van der Waals surface area contributed by atoms with Gasteiger partial charge in [-0.1, -0.05) is 11.6 Å². The van der Waals surface area contributed by atoms with Gasteiger partial charge in [-0.15, -0.1) is 0 Å². The lowest BCUT2D eigenvalue weighted by molar-refractivity contribution is 0.0247. The quantitative estimate of drug-likeness (QED) is 0.923. The van der Waals surface area contributed by atoms with Crippen LogP contribution in [0.15, 0.2) is 11.0 Å². The third-order valence-corrected chi connectivity index (χ3v) is 3.59. The fraction of sp³-hybridized carbons (Fsp3) is 0.692. The number of hydrogen-bond acceptors (Lipinski definition) is 4. The maximum atomic E-state index is 12.0. The van der Waals surface area contributed by atoms with Crippen molar-refractivity contribution in [2.24, 2.45) is 0 Å². The maximum absolute atomic E-state index is 12.0. The summed E-state index contributed by atoms with van der Waals surface area (Å²) < 4.78 is 7.00. The predicted octanol–water partition coefficient (Wildman–Crippen LogP) is 2.46. The first-order chi connectivity index (χ1) is 9.09. The molecule has 1 aliphatic rings. The van der Waals surface area contributed by atoms with Crippen LogP contribution in [-0.4, -0.2) is 29.0 Å². The molecule has 19 heavy (non-hydrogen) atoms. The van der Waals surface area contributed by atoms with Gasteiger partial charge in [0.05, 0.1) is 24.0 Å². The Morgan fingerprint density at radius 3 is 3.00 bits per heavy atom. The normalized spacial score (nSPS) is 19.7. The first-order valence-corrected chi connectivity index (χ1v) is 7.10. The summed E-state index contributed by atoms with van der Waals surface area (Å²) in [5.41, 5.74) is 0.323. The van der Waals surface area contributed by atoms with Gasteiger partial charge >= 0.3 is 0 Å². The standard InChI is InChI=1S/C13H20ClN3O2/c1-9(2)17-13(18)12(14)11(8-16-17)15-7-10-5-3-4-6-19-10/h8-10,15H,3-7H2,1-2H3. The summed E-state index contributed by atoms with van der Waals surface area (Å²) in [4.78, 5) is 12.0. The number of halogens is 1. The SMILES string of the molecule is CC(C)n1ncc(NCC2CCCCO2)c(Cl)c1=O. The second-order valence-corrected chi connectivity index (χ2v) is 5.46. The molecule has 1 atom stereocenters. The Morgan fingerprint density at radius 2 is 2.37 bits per heavy atom. The molecule has 2 heterocycles. The summed E-state index contributed by atoms with van der Waals surface area (Å²) in [5, 5.41) is 7.47. The van der Waals surface area contributed by atoms with Crippen molar-refractivity contribution in [2.45, 2.75) is 45.3 Å². The lowest BCUT2D eigenvalue weighted by Crippen LogP contribution is -2.29. The lowest BCUT2D eigenvalue weighted by atomic mass is 10.1. The molecule has 1 unspecified atom stereocenters. The molecular weight excluding hydrogens is 266 g/mol. The Bertz CT molecular complexity index is 481. The van der Waals surface area contributed by atoms with Gasteiger partial charge in [0, 0.05) is 13.2 Å². The van der Waals surface area contributed by atoms with E-state index in [2.05, 4.69) is 10.4 Å². The van der Waals surface area contributed by atoms with Gasteiger partial charge in [-0.2, -0.15) is 5.10 Å². The molecule has 0 amide bonds. The van der Waals surface area contributed by atoms with Crippen molar-refractivity contribution in [3.63, 3.8) is 0 Å². The van der Waals surface area contributed by atoms with E-state index in [-0.39, 0.29) is 22.7 Å². The molecule has 1 fully saturated rings. The number of aromatic nitrogens is 2. The van der Waals surface area contributed by atoms with Crippen molar-refractivity contribution < 1.29 is 4.74 Å². The van der Waals surface area contributed by atoms with Crippen LogP contribution in [0.3, 0.4) is 0 Å². The van der Waals surface area contributed by atoms with Crippen LogP contribution in [0.4, 0.5) is 5.69 Å². The average molecular weight is 286 g/mol. The molecule has 1 aromatic rings. The fourth-order valence-corrected chi connectivity index (χ4v) is 2.33. The van der Waals surface area contributed by atoms with Gasteiger partial charge in [0.15, 0.2) is 0 Å². The number of anilines is 1. The second-order valence-electron chi connectivity index (χ2n) is 5.09. The Hall–Kier alpha value is -1.07. The minimum absolute atomic E-state index is 0.000674. The molecule has 0 aliphatic carbocycles. The largest absolute Gasteiger partial charge is 0.380 e. The van der Waals surface area contributed by atoms with Crippen molar-refractivity contribution >= 4 is 17.3 Å². The van der Waals surface area contributed by atoms with Crippen molar-refractivity contribution in [3.05, 3.63) is 21.6 Å². The molecule has 2 rings (SSSR count). The topological polar surface area (TPSA) is 56.1 Å². The summed E-state index contributed by atoms with van der Waals surface area (Å²) >= 11 is 6.08. The van der Waals surface area contributed by atoms with Gasteiger partial charge in [-0.25, -0.2) is 4.68 Å². The summed E-state index contributed by atoms with van der Waals surface area (Å²) in [6.07, 6.45) is 5.15. The number of nitrogens with one attached hydrogen (secondary N) is 1. The highest BCUT2D eigenvalue weighted by Gasteiger charge is 2.15. The number of ether oxygens (including phenoxy) is 1. The fourth-order valence-electron chi connectivity index (χ4n) is 2.13. The smallest absolute Gasteiger partial charge is 0.287 e. The first kappa shape index (κ1) is 14.3. The third-order valence-electron chi connectivity index (χ3n) is 3.23. The maximum Gasteiger partial charge on any atom is 0.287 e. The molecule has 1 saturated heterocycles. The van der Waals surface area contributed by atoms with Gasteiger partial charge in [-0.05, 0) is 33.1 Å². The van der Waals surface area contributed by atoms with Crippen LogP contribution >= 0.6 is 11.6 Å². The molecule has 0 spiro atoms. The summed E-state index contributed by atoms with van der Waals surface area (Å²) in [5.74, 6) is 0. The lowest BCUT2D eigenvalue weighted by Gasteiger charge is -2.23. The molecular formula is C13H20ClN3O2. The molecule has 5 nitrogen and oxygen atoms in total. The van der Waals surface area contributed by atoms with Crippen molar-refractivity contribution in [1.82, 2.24) is 9.78 Å². The molecule has 1 N–H and O–H groups in total. The van der Waals surface area contributed by atoms with Gasteiger partial charge in [0.1, 0.15) is 5.02 Å². The monoisotopic (exact) mass is 285 g/mol. The number of rotatable bonds is 4. The van der Waals surface area contributed by atoms with E-state index in [4.69, 9.17) is 16.3 Å². The van der Waals surface area contributed by atoms with E-state index in [1.54, 1.807) is 6.20 Å². The first-order valence-electron chi connectivity index (χ1n) is 6.72. The van der Waals surface area contributed by atoms with Gasteiger partial charge < -0.3 is 10.1 Å². The molecule has 1 aliphatic heterocycles. The van der Waals surface area contributed by atoms with Crippen LogP contribution in [0.2, 0.25) is 5.02 Å². The molecule has 6 heteroatoms. The Labute approximate surface area is 117 Å². The van der Waals surface area contributed by atoms with E-state index in [9.17, 15) is 4.79 Å². The summed E-state index contributed by atoms with van der Waals surface area (Å²) in [6, 6.07) is 0.000674. The van der Waals surface area contributed by atoms with E-state index in [1.807, 2.05) is 13.8 Å². The van der Waals surface area contributed by atoms with E-state index < -0.39 is 0 Å². The highest BCUT2D eigenvalue weighted by atomic mass is 35.5. The van der Waals surface area contributed by atoms with Crippen LogP contribution in [0.5, 0.6) is 0 Å². The zero-order valence-electron chi connectivity index (χ0n) is 11.4. The number of hydrogen-bond donors (Lipinski definition) is 1. The van der Waals surface area contributed by atoms with E-state index >= 15 is 0 Å². The van der Waals surface area contributed by atoms with Gasteiger partial charge in [0.25, 0.3) is 5.56 Å². The van der Waals surface area contributed by atoms with Crippen LogP contribution in [-0.2, 0) is 4.74 Å². The van der Waals surface area contributed by atoms with Crippen LogP contribution < -0.4 is 10.9 Å². The van der Waals surface area contributed by atoms with Crippen molar-refractivity contribution in [2.75, 3.05) is 18.5 Å². The van der Waals surface area contributed by atoms with E-state index in [0.29, 0.717) is 12.2 Å². The molecule has 106 valence electrons. The van der Waals surface area contributed by atoms with Gasteiger partial charge in [-0.3, -0.25) is 4.79 Å². The highest BCUT2D eigenvalue weighted by molar-refractivity contribution is 6.32. The molecule has 0 bridgehead atoms. The molecule has 0 aromatic carbocycles. The van der Waals surface area contributed by atoms with Crippen LogP contribution in [0, 0.1) is 0 Å².